The number of ether oxygens (including phenoxy) is 2. The average molecular weight is 375 g/mol. The van der Waals surface area contributed by atoms with Crippen LogP contribution in [0.2, 0.25) is 0 Å². The summed E-state index contributed by atoms with van der Waals surface area (Å²) >= 11 is 0. The quantitative estimate of drug-likeness (QED) is 0.750. The lowest BCUT2D eigenvalue weighted by Crippen LogP contribution is -2.42. The molecule has 0 aromatic heterocycles. The van der Waals surface area contributed by atoms with Gasteiger partial charge in [-0.1, -0.05) is 19.3 Å². The van der Waals surface area contributed by atoms with Gasteiger partial charge in [-0.05, 0) is 63.3 Å². The predicted octanol–water partition coefficient (Wildman–Crippen LogP) is 3.87. The van der Waals surface area contributed by atoms with E-state index >= 15 is 0 Å². The summed E-state index contributed by atoms with van der Waals surface area (Å²) in [6.45, 7) is 5.57. The molecule has 1 saturated heterocycles. The number of hydrogen-bond donors (Lipinski definition) is 1. The van der Waals surface area contributed by atoms with E-state index in [1.807, 2.05) is 6.92 Å². The lowest BCUT2D eigenvalue weighted by molar-refractivity contribution is 0.0936. The van der Waals surface area contributed by atoms with Gasteiger partial charge in [0.1, 0.15) is 0 Å². The Hall–Kier alpha value is -1.75. The van der Waals surface area contributed by atoms with Crippen LogP contribution < -0.4 is 14.8 Å². The SMILES string of the molecule is CCOc1cc(C(=O)NC[C@H]2CCCN2CC2CCCCC2)ccc1OC. The summed E-state index contributed by atoms with van der Waals surface area (Å²) in [6, 6.07) is 5.84. The van der Waals surface area contributed by atoms with Crippen molar-refractivity contribution in [2.24, 2.45) is 5.92 Å². The Morgan fingerprint density at radius 2 is 1.96 bits per heavy atom. The molecule has 0 unspecified atom stereocenters. The Kier molecular flexibility index (Phi) is 7.39. The van der Waals surface area contributed by atoms with Crippen molar-refractivity contribution in [1.82, 2.24) is 10.2 Å². The molecule has 2 aliphatic rings. The van der Waals surface area contributed by atoms with Crippen LogP contribution in [0.1, 0.15) is 62.2 Å². The molecule has 1 atom stereocenters. The number of likely N-dealkylation sites (tertiary alicyclic amines) is 1. The van der Waals surface area contributed by atoms with E-state index in [0.29, 0.717) is 29.7 Å². The molecule has 1 N–H and O–H groups in total. The number of carbonyl (C=O) groups excluding carboxylic acids is 1. The highest BCUT2D eigenvalue weighted by molar-refractivity contribution is 5.94. The van der Waals surface area contributed by atoms with Gasteiger partial charge in [0.15, 0.2) is 11.5 Å². The summed E-state index contributed by atoms with van der Waals surface area (Å²) in [5, 5.41) is 3.14. The Labute approximate surface area is 163 Å². The minimum Gasteiger partial charge on any atom is -0.493 e. The minimum atomic E-state index is -0.0388. The van der Waals surface area contributed by atoms with Crippen LogP contribution in [-0.4, -0.2) is 50.2 Å². The average Bonchev–Trinajstić information content (AvgIpc) is 3.14. The molecule has 1 aromatic rings. The van der Waals surface area contributed by atoms with E-state index in [1.54, 1.807) is 25.3 Å². The fourth-order valence-electron chi connectivity index (χ4n) is 4.47. The number of amides is 1. The second-order valence-corrected chi connectivity index (χ2v) is 7.80. The van der Waals surface area contributed by atoms with Gasteiger partial charge in [0.25, 0.3) is 5.91 Å². The summed E-state index contributed by atoms with van der Waals surface area (Å²) < 4.78 is 10.9. The van der Waals surface area contributed by atoms with Gasteiger partial charge in [-0.2, -0.15) is 0 Å². The molecule has 1 aliphatic heterocycles. The standard InChI is InChI=1S/C22H34N2O3/c1-3-27-21-14-18(11-12-20(21)26-2)22(25)23-15-19-10-7-13-24(19)16-17-8-5-4-6-9-17/h11-12,14,17,19H,3-10,13,15-16H2,1-2H3,(H,23,25)/t19-/m1/s1. The number of rotatable bonds is 8. The molecule has 5 nitrogen and oxygen atoms in total. The van der Waals surface area contributed by atoms with Gasteiger partial charge in [0, 0.05) is 24.7 Å². The van der Waals surface area contributed by atoms with Gasteiger partial charge >= 0.3 is 0 Å². The summed E-state index contributed by atoms with van der Waals surface area (Å²) in [5.74, 6) is 2.09. The molecule has 0 spiro atoms. The van der Waals surface area contributed by atoms with Crippen LogP contribution in [0.3, 0.4) is 0 Å². The van der Waals surface area contributed by atoms with E-state index in [-0.39, 0.29) is 5.91 Å². The van der Waals surface area contributed by atoms with Gasteiger partial charge in [-0.25, -0.2) is 0 Å². The maximum atomic E-state index is 12.6. The van der Waals surface area contributed by atoms with Crippen LogP contribution in [-0.2, 0) is 0 Å². The Morgan fingerprint density at radius 3 is 2.70 bits per heavy atom. The van der Waals surface area contributed by atoms with Crippen LogP contribution in [0.25, 0.3) is 0 Å². The first-order chi connectivity index (χ1) is 13.2. The smallest absolute Gasteiger partial charge is 0.251 e. The number of benzene rings is 1. The third kappa shape index (κ3) is 5.38. The van der Waals surface area contributed by atoms with Crippen molar-refractivity contribution in [2.75, 3.05) is 33.4 Å². The number of methoxy groups -OCH3 is 1. The van der Waals surface area contributed by atoms with Crippen molar-refractivity contribution in [1.29, 1.82) is 0 Å². The maximum absolute atomic E-state index is 12.6. The molecule has 27 heavy (non-hydrogen) atoms. The highest BCUT2D eigenvalue weighted by Gasteiger charge is 2.27. The Balaban J connectivity index is 1.54. The fourth-order valence-corrected chi connectivity index (χ4v) is 4.47. The van der Waals surface area contributed by atoms with Crippen molar-refractivity contribution in [2.45, 2.75) is 57.9 Å². The maximum Gasteiger partial charge on any atom is 0.251 e. The first kappa shape index (κ1) is 20.0. The van der Waals surface area contributed by atoms with Gasteiger partial charge in [-0.3, -0.25) is 9.69 Å². The monoisotopic (exact) mass is 374 g/mol. The zero-order valence-corrected chi connectivity index (χ0v) is 16.8. The lowest BCUT2D eigenvalue weighted by Gasteiger charge is -2.31. The van der Waals surface area contributed by atoms with Crippen molar-refractivity contribution >= 4 is 5.91 Å². The van der Waals surface area contributed by atoms with E-state index in [0.717, 1.165) is 12.5 Å². The summed E-state index contributed by atoms with van der Waals surface area (Å²) in [5.41, 5.74) is 0.621. The number of hydrogen-bond acceptors (Lipinski definition) is 4. The molecular weight excluding hydrogens is 340 g/mol. The predicted molar refractivity (Wildman–Crippen MR) is 108 cm³/mol. The number of carbonyl (C=O) groups is 1. The third-order valence-corrected chi connectivity index (χ3v) is 5.94. The van der Waals surface area contributed by atoms with E-state index in [9.17, 15) is 4.79 Å². The van der Waals surface area contributed by atoms with Crippen LogP contribution >= 0.6 is 0 Å². The first-order valence-electron chi connectivity index (χ1n) is 10.5. The highest BCUT2D eigenvalue weighted by atomic mass is 16.5. The van der Waals surface area contributed by atoms with Gasteiger partial charge < -0.3 is 14.8 Å². The van der Waals surface area contributed by atoms with Crippen LogP contribution in [0, 0.1) is 5.92 Å². The number of nitrogens with zero attached hydrogens (tertiary/aromatic N) is 1. The van der Waals surface area contributed by atoms with Gasteiger partial charge in [0.2, 0.25) is 0 Å². The van der Waals surface area contributed by atoms with Gasteiger partial charge in [-0.15, -0.1) is 0 Å². The van der Waals surface area contributed by atoms with Crippen molar-refractivity contribution < 1.29 is 14.3 Å². The van der Waals surface area contributed by atoms with Crippen molar-refractivity contribution in [3.8, 4) is 11.5 Å². The van der Waals surface area contributed by atoms with E-state index in [4.69, 9.17) is 9.47 Å². The molecule has 1 amide bonds. The Bertz CT molecular complexity index is 614. The van der Waals surface area contributed by atoms with E-state index in [2.05, 4.69) is 10.2 Å². The molecule has 1 aromatic carbocycles. The molecule has 1 aliphatic carbocycles. The second-order valence-electron chi connectivity index (χ2n) is 7.80. The van der Waals surface area contributed by atoms with E-state index < -0.39 is 0 Å². The zero-order chi connectivity index (χ0) is 19.1. The highest BCUT2D eigenvalue weighted by Crippen LogP contribution is 2.29. The topological polar surface area (TPSA) is 50.8 Å². The molecule has 5 heteroatoms. The van der Waals surface area contributed by atoms with Crippen molar-refractivity contribution in [3.63, 3.8) is 0 Å². The molecule has 0 bridgehead atoms. The molecule has 150 valence electrons. The summed E-state index contributed by atoms with van der Waals surface area (Å²) in [6.07, 6.45) is 9.36. The Morgan fingerprint density at radius 1 is 1.15 bits per heavy atom. The third-order valence-electron chi connectivity index (χ3n) is 5.94. The van der Waals surface area contributed by atoms with Crippen molar-refractivity contribution in [3.05, 3.63) is 23.8 Å². The van der Waals surface area contributed by atoms with Crippen LogP contribution in [0.5, 0.6) is 11.5 Å². The normalized spacial score (nSPS) is 21.2. The summed E-state index contributed by atoms with van der Waals surface area (Å²) in [4.78, 5) is 15.2. The zero-order valence-electron chi connectivity index (χ0n) is 16.8. The number of nitrogens with one attached hydrogen (secondary N) is 1. The minimum absolute atomic E-state index is 0.0388. The summed E-state index contributed by atoms with van der Waals surface area (Å²) in [7, 11) is 1.61. The fraction of sp³-hybridized carbons (Fsp3) is 0.682. The molecule has 1 heterocycles. The molecule has 2 fully saturated rings. The molecule has 3 rings (SSSR count). The largest absolute Gasteiger partial charge is 0.493 e. The second kappa shape index (κ2) is 9.98. The van der Waals surface area contributed by atoms with Crippen LogP contribution in [0.4, 0.5) is 0 Å². The van der Waals surface area contributed by atoms with Crippen LogP contribution in [0.15, 0.2) is 18.2 Å². The molecule has 0 radical (unpaired) electrons. The van der Waals surface area contributed by atoms with E-state index in [1.165, 1.54) is 58.0 Å². The molecule has 1 saturated carbocycles. The first-order valence-corrected chi connectivity index (χ1v) is 10.5. The van der Waals surface area contributed by atoms with Gasteiger partial charge in [0.05, 0.1) is 13.7 Å². The molecular formula is C22H34N2O3. The lowest BCUT2D eigenvalue weighted by atomic mass is 9.89.